The molecule has 1 saturated carbocycles. The summed E-state index contributed by atoms with van der Waals surface area (Å²) in [4.78, 5) is 11.3. The monoisotopic (exact) mass is 218 g/mol. The molecule has 1 aliphatic rings. The van der Waals surface area contributed by atoms with E-state index in [1.165, 1.54) is 5.56 Å². The average molecular weight is 218 g/mol. The molecule has 3 heteroatoms. The molecular weight excluding hydrogens is 200 g/mol. The standard InChI is InChI=1S/C13H18N2O/c1-14-9-13(16)15-12-7-11(8-12)10-5-3-2-4-6-10/h2-6,11-12,14H,7-9H2,1H3,(H,15,16). The molecule has 0 atom stereocenters. The van der Waals surface area contributed by atoms with E-state index in [1.807, 2.05) is 6.07 Å². The predicted molar refractivity (Wildman–Crippen MR) is 64.3 cm³/mol. The highest BCUT2D eigenvalue weighted by Gasteiger charge is 2.30. The molecule has 1 fully saturated rings. The molecule has 0 saturated heterocycles. The molecule has 1 aromatic carbocycles. The van der Waals surface area contributed by atoms with Crippen molar-refractivity contribution in [3.8, 4) is 0 Å². The second kappa shape index (κ2) is 5.12. The van der Waals surface area contributed by atoms with Gasteiger partial charge in [-0.05, 0) is 31.4 Å². The van der Waals surface area contributed by atoms with Crippen molar-refractivity contribution in [3.63, 3.8) is 0 Å². The van der Waals surface area contributed by atoms with Gasteiger partial charge in [0.25, 0.3) is 0 Å². The number of nitrogens with one attached hydrogen (secondary N) is 2. The molecule has 2 rings (SSSR count). The molecule has 0 unspecified atom stereocenters. The van der Waals surface area contributed by atoms with E-state index in [0.717, 1.165) is 12.8 Å². The Kier molecular flexibility index (Phi) is 3.57. The molecule has 1 aromatic rings. The molecular formula is C13H18N2O. The van der Waals surface area contributed by atoms with Crippen molar-refractivity contribution in [1.29, 1.82) is 0 Å². The molecule has 0 bridgehead atoms. The fourth-order valence-corrected chi connectivity index (χ4v) is 2.17. The van der Waals surface area contributed by atoms with Crippen molar-refractivity contribution in [3.05, 3.63) is 35.9 Å². The Hall–Kier alpha value is -1.35. The first kappa shape index (κ1) is 11.1. The first-order chi connectivity index (χ1) is 7.79. The van der Waals surface area contributed by atoms with E-state index < -0.39 is 0 Å². The zero-order valence-corrected chi connectivity index (χ0v) is 9.57. The first-order valence-electron chi connectivity index (χ1n) is 5.78. The lowest BCUT2D eigenvalue weighted by molar-refractivity contribution is -0.121. The van der Waals surface area contributed by atoms with E-state index in [2.05, 4.69) is 34.9 Å². The summed E-state index contributed by atoms with van der Waals surface area (Å²) in [5, 5.41) is 5.87. The highest BCUT2D eigenvalue weighted by Crippen LogP contribution is 2.36. The van der Waals surface area contributed by atoms with Crippen LogP contribution in [-0.4, -0.2) is 25.5 Å². The smallest absolute Gasteiger partial charge is 0.234 e. The van der Waals surface area contributed by atoms with Gasteiger partial charge in [-0.1, -0.05) is 30.3 Å². The fourth-order valence-electron chi connectivity index (χ4n) is 2.17. The average Bonchev–Trinajstić information content (AvgIpc) is 2.24. The van der Waals surface area contributed by atoms with Gasteiger partial charge < -0.3 is 10.6 Å². The van der Waals surface area contributed by atoms with Crippen LogP contribution in [0, 0.1) is 0 Å². The molecule has 2 N–H and O–H groups in total. The van der Waals surface area contributed by atoms with Crippen LogP contribution in [0.25, 0.3) is 0 Å². The maximum Gasteiger partial charge on any atom is 0.234 e. The summed E-state index contributed by atoms with van der Waals surface area (Å²) in [6.07, 6.45) is 2.14. The molecule has 0 spiro atoms. The van der Waals surface area contributed by atoms with Crippen molar-refractivity contribution in [2.45, 2.75) is 24.8 Å². The van der Waals surface area contributed by atoms with Gasteiger partial charge in [0.1, 0.15) is 0 Å². The summed E-state index contributed by atoms with van der Waals surface area (Å²) < 4.78 is 0. The van der Waals surface area contributed by atoms with Gasteiger partial charge in [0.2, 0.25) is 5.91 Å². The van der Waals surface area contributed by atoms with Crippen molar-refractivity contribution in [1.82, 2.24) is 10.6 Å². The summed E-state index contributed by atoms with van der Waals surface area (Å²) in [7, 11) is 1.78. The van der Waals surface area contributed by atoms with E-state index in [0.29, 0.717) is 18.5 Å². The van der Waals surface area contributed by atoms with Gasteiger partial charge in [-0.25, -0.2) is 0 Å². The second-order valence-corrected chi connectivity index (χ2v) is 4.37. The first-order valence-corrected chi connectivity index (χ1v) is 5.78. The second-order valence-electron chi connectivity index (χ2n) is 4.37. The summed E-state index contributed by atoms with van der Waals surface area (Å²) in [6.45, 7) is 0.409. The SMILES string of the molecule is CNCC(=O)NC1CC(c2ccccc2)C1. The van der Waals surface area contributed by atoms with Crippen LogP contribution in [0.15, 0.2) is 30.3 Å². The Morgan fingerprint density at radius 1 is 1.31 bits per heavy atom. The largest absolute Gasteiger partial charge is 0.352 e. The summed E-state index contributed by atoms with van der Waals surface area (Å²) in [5.74, 6) is 0.722. The molecule has 0 aliphatic heterocycles. The number of carbonyl (C=O) groups excluding carboxylic acids is 1. The number of rotatable bonds is 4. The van der Waals surface area contributed by atoms with Gasteiger partial charge in [-0.15, -0.1) is 0 Å². The summed E-state index contributed by atoms with van der Waals surface area (Å²) in [6, 6.07) is 10.9. The number of carbonyl (C=O) groups is 1. The maximum atomic E-state index is 11.3. The van der Waals surface area contributed by atoms with Crippen LogP contribution >= 0.6 is 0 Å². The summed E-state index contributed by atoms with van der Waals surface area (Å²) in [5.41, 5.74) is 1.39. The van der Waals surface area contributed by atoms with Crippen LogP contribution in [0.4, 0.5) is 0 Å². The quantitative estimate of drug-likeness (QED) is 0.799. The number of hydrogen-bond acceptors (Lipinski definition) is 2. The Balaban J connectivity index is 1.76. The van der Waals surface area contributed by atoms with Crippen LogP contribution in [0.1, 0.15) is 24.3 Å². The van der Waals surface area contributed by atoms with Crippen molar-refractivity contribution in [2.75, 3.05) is 13.6 Å². The number of amides is 1. The minimum absolute atomic E-state index is 0.0963. The van der Waals surface area contributed by atoms with Gasteiger partial charge in [-0.3, -0.25) is 4.79 Å². The lowest BCUT2D eigenvalue weighted by atomic mass is 9.76. The fraction of sp³-hybridized carbons (Fsp3) is 0.462. The lowest BCUT2D eigenvalue weighted by Gasteiger charge is -2.36. The van der Waals surface area contributed by atoms with E-state index in [9.17, 15) is 4.79 Å². The topological polar surface area (TPSA) is 41.1 Å². The number of hydrogen-bond donors (Lipinski definition) is 2. The Morgan fingerprint density at radius 2 is 2.00 bits per heavy atom. The predicted octanol–water partition coefficient (Wildman–Crippen LogP) is 1.27. The minimum Gasteiger partial charge on any atom is -0.352 e. The zero-order chi connectivity index (χ0) is 11.4. The molecule has 16 heavy (non-hydrogen) atoms. The van der Waals surface area contributed by atoms with E-state index in [-0.39, 0.29) is 5.91 Å². The molecule has 0 radical (unpaired) electrons. The van der Waals surface area contributed by atoms with Crippen LogP contribution in [0.5, 0.6) is 0 Å². The van der Waals surface area contributed by atoms with E-state index in [4.69, 9.17) is 0 Å². The molecule has 0 aromatic heterocycles. The molecule has 1 aliphatic carbocycles. The van der Waals surface area contributed by atoms with Crippen molar-refractivity contribution >= 4 is 5.91 Å². The van der Waals surface area contributed by atoms with E-state index >= 15 is 0 Å². The Bertz CT molecular complexity index is 344. The van der Waals surface area contributed by atoms with Gasteiger partial charge in [0.15, 0.2) is 0 Å². The maximum absolute atomic E-state index is 11.3. The molecule has 1 amide bonds. The van der Waals surface area contributed by atoms with Crippen molar-refractivity contribution < 1.29 is 4.79 Å². The third-order valence-electron chi connectivity index (χ3n) is 3.11. The van der Waals surface area contributed by atoms with Gasteiger partial charge in [0.05, 0.1) is 6.54 Å². The lowest BCUT2D eigenvalue weighted by Crippen LogP contribution is -2.46. The highest BCUT2D eigenvalue weighted by molar-refractivity contribution is 5.78. The molecule has 3 nitrogen and oxygen atoms in total. The van der Waals surface area contributed by atoms with Crippen LogP contribution in [-0.2, 0) is 4.79 Å². The third kappa shape index (κ3) is 2.61. The van der Waals surface area contributed by atoms with Crippen LogP contribution in [0.3, 0.4) is 0 Å². The van der Waals surface area contributed by atoms with Crippen LogP contribution < -0.4 is 10.6 Å². The highest BCUT2D eigenvalue weighted by atomic mass is 16.1. The zero-order valence-electron chi connectivity index (χ0n) is 9.57. The molecule has 0 heterocycles. The summed E-state index contributed by atoms with van der Waals surface area (Å²) >= 11 is 0. The minimum atomic E-state index is 0.0963. The van der Waals surface area contributed by atoms with Gasteiger partial charge in [0, 0.05) is 6.04 Å². The Labute approximate surface area is 96.2 Å². The number of likely N-dealkylation sites (N-methyl/N-ethyl adjacent to an activating group) is 1. The van der Waals surface area contributed by atoms with E-state index in [1.54, 1.807) is 7.05 Å². The molecule has 86 valence electrons. The van der Waals surface area contributed by atoms with Crippen molar-refractivity contribution in [2.24, 2.45) is 0 Å². The number of benzene rings is 1. The normalized spacial score (nSPS) is 23.6. The van der Waals surface area contributed by atoms with Gasteiger partial charge >= 0.3 is 0 Å². The van der Waals surface area contributed by atoms with Crippen LogP contribution in [0.2, 0.25) is 0 Å². The third-order valence-corrected chi connectivity index (χ3v) is 3.11. The van der Waals surface area contributed by atoms with Gasteiger partial charge in [-0.2, -0.15) is 0 Å². The Morgan fingerprint density at radius 3 is 2.62 bits per heavy atom.